The zero-order chi connectivity index (χ0) is 13.0. The van der Waals surface area contributed by atoms with Crippen LogP contribution in [0.4, 0.5) is 4.39 Å². The van der Waals surface area contributed by atoms with Crippen molar-refractivity contribution in [2.75, 3.05) is 7.11 Å². The molecule has 0 aliphatic heterocycles. The second-order valence-corrected chi connectivity index (χ2v) is 3.80. The summed E-state index contributed by atoms with van der Waals surface area (Å²) in [6.07, 6.45) is 2.34. The zero-order valence-electron chi connectivity index (χ0n) is 9.88. The van der Waals surface area contributed by atoms with Crippen LogP contribution in [-0.2, 0) is 6.42 Å². The summed E-state index contributed by atoms with van der Waals surface area (Å²) in [6.45, 7) is 0. The predicted octanol–water partition coefficient (Wildman–Crippen LogP) is 1.90. The largest absolute Gasteiger partial charge is 0.480 e. The molecule has 1 heterocycles. The number of aromatic nitrogens is 2. The molecule has 0 radical (unpaired) electrons. The van der Waals surface area contributed by atoms with E-state index in [1.54, 1.807) is 12.1 Å². The minimum atomic E-state index is -0.879. The van der Waals surface area contributed by atoms with Crippen LogP contribution < -0.4 is 4.74 Å². The summed E-state index contributed by atoms with van der Waals surface area (Å²) in [5, 5.41) is 10.1. The monoisotopic (exact) mass is 248 g/mol. The predicted molar refractivity (Wildman–Crippen MR) is 63.6 cm³/mol. The molecule has 18 heavy (non-hydrogen) atoms. The van der Waals surface area contributed by atoms with Gasteiger partial charge in [-0.15, -0.1) is 0 Å². The summed E-state index contributed by atoms with van der Waals surface area (Å²) in [4.78, 5) is 8.00. The molecule has 1 unspecified atom stereocenters. The van der Waals surface area contributed by atoms with Crippen LogP contribution in [0.3, 0.4) is 0 Å². The molecule has 1 atom stereocenters. The summed E-state index contributed by atoms with van der Waals surface area (Å²) >= 11 is 0. The number of aliphatic hydroxyl groups excluding tert-OH is 1. The molecule has 0 aliphatic rings. The van der Waals surface area contributed by atoms with Crippen molar-refractivity contribution < 1.29 is 14.2 Å². The van der Waals surface area contributed by atoms with Crippen molar-refractivity contribution >= 4 is 0 Å². The van der Waals surface area contributed by atoms with Gasteiger partial charge in [0.1, 0.15) is 17.6 Å². The van der Waals surface area contributed by atoms with Crippen molar-refractivity contribution in [2.24, 2.45) is 0 Å². The van der Waals surface area contributed by atoms with Crippen molar-refractivity contribution in [3.05, 3.63) is 53.7 Å². The van der Waals surface area contributed by atoms with Gasteiger partial charge < -0.3 is 9.84 Å². The van der Waals surface area contributed by atoms with Gasteiger partial charge in [-0.2, -0.15) is 0 Å². The van der Waals surface area contributed by atoms with E-state index in [1.807, 2.05) is 0 Å². The Morgan fingerprint density at radius 2 is 2.11 bits per heavy atom. The third-order valence-corrected chi connectivity index (χ3v) is 2.52. The molecule has 94 valence electrons. The van der Waals surface area contributed by atoms with E-state index in [4.69, 9.17) is 4.74 Å². The Morgan fingerprint density at radius 1 is 1.33 bits per heavy atom. The number of rotatable bonds is 4. The maximum Gasteiger partial charge on any atom is 0.238 e. The molecule has 0 amide bonds. The summed E-state index contributed by atoms with van der Waals surface area (Å²) in [6, 6.07) is 6.09. The number of ether oxygens (including phenoxy) is 1. The fraction of sp³-hybridized carbons (Fsp3) is 0.231. The highest BCUT2D eigenvalue weighted by atomic mass is 19.1. The lowest BCUT2D eigenvalue weighted by molar-refractivity contribution is 0.167. The Labute approximate surface area is 104 Å². The van der Waals surface area contributed by atoms with Gasteiger partial charge in [-0.25, -0.2) is 9.37 Å². The van der Waals surface area contributed by atoms with Crippen LogP contribution in [0, 0.1) is 5.82 Å². The van der Waals surface area contributed by atoms with Gasteiger partial charge in [0.15, 0.2) is 0 Å². The normalized spacial score (nSPS) is 12.2. The molecule has 2 aromatic rings. The first kappa shape index (κ1) is 12.4. The van der Waals surface area contributed by atoms with Gasteiger partial charge in [0.05, 0.1) is 7.11 Å². The smallest absolute Gasteiger partial charge is 0.238 e. The molecule has 2 rings (SSSR count). The van der Waals surface area contributed by atoms with E-state index >= 15 is 0 Å². The standard InChI is InChI=1S/C13H13FN2O2/c1-18-13-12(15-5-6-16-13)11(17)8-9-3-2-4-10(14)7-9/h2-7,11,17H,8H2,1H3. The van der Waals surface area contributed by atoms with E-state index in [1.165, 1.54) is 31.6 Å². The van der Waals surface area contributed by atoms with E-state index in [0.717, 1.165) is 0 Å². The SMILES string of the molecule is COc1nccnc1C(O)Cc1cccc(F)c1. The highest BCUT2D eigenvalue weighted by Gasteiger charge is 2.16. The zero-order valence-corrected chi connectivity index (χ0v) is 9.88. The molecular formula is C13H13FN2O2. The highest BCUT2D eigenvalue weighted by Crippen LogP contribution is 2.23. The summed E-state index contributed by atoms with van der Waals surface area (Å²) in [5.74, 6) is -0.0489. The third-order valence-electron chi connectivity index (χ3n) is 2.52. The number of halogens is 1. The molecule has 0 fully saturated rings. The van der Waals surface area contributed by atoms with Crippen molar-refractivity contribution in [1.82, 2.24) is 9.97 Å². The topological polar surface area (TPSA) is 55.2 Å². The van der Waals surface area contributed by atoms with Gasteiger partial charge in [-0.3, -0.25) is 4.98 Å². The molecule has 0 bridgehead atoms. The molecule has 5 heteroatoms. The van der Waals surface area contributed by atoms with Crippen molar-refractivity contribution in [2.45, 2.75) is 12.5 Å². The van der Waals surface area contributed by atoms with E-state index in [9.17, 15) is 9.50 Å². The number of hydrogen-bond acceptors (Lipinski definition) is 4. The Bertz CT molecular complexity index is 534. The molecule has 1 N–H and O–H groups in total. The average Bonchev–Trinajstić information content (AvgIpc) is 2.38. The lowest BCUT2D eigenvalue weighted by atomic mass is 10.1. The lowest BCUT2D eigenvalue weighted by Gasteiger charge is -2.12. The number of hydrogen-bond donors (Lipinski definition) is 1. The Morgan fingerprint density at radius 3 is 2.83 bits per heavy atom. The van der Waals surface area contributed by atoms with E-state index in [2.05, 4.69) is 9.97 Å². The van der Waals surface area contributed by atoms with Gasteiger partial charge in [0.25, 0.3) is 0 Å². The first-order chi connectivity index (χ1) is 8.70. The quantitative estimate of drug-likeness (QED) is 0.897. The number of benzene rings is 1. The summed E-state index contributed by atoms with van der Waals surface area (Å²) in [7, 11) is 1.46. The van der Waals surface area contributed by atoms with Gasteiger partial charge in [0, 0.05) is 18.8 Å². The fourth-order valence-electron chi connectivity index (χ4n) is 1.71. The van der Waals surface area contributed by atoms with Gasteiger partial charge >= 0.3 is 0 Å². The lowest BCUT2D eigenvalue weighted by Crippen LogP contribution is -2.07. The second-order valence-electron chi connectivity index (χ2n) is 3.80. The third kappa shape index (κ3) is 2.81. The maximum atomic E-state index is 13.0. The van der Waals surface area contributed by atoms with Crippen LogP contribution in [0.25, 0.3) is 0 Å². The molecule has 4 nitrogen and oxygen atoms in total. The van der Waals surface area contributed by atoms with E-state index in [0.29, 0.717) is 11.3 Å². The number of aliphatic hydroxyl groups is 1. The van der Waals surface area contributed by atoms with Crippen LogP contribution in [0.5, 0.6) is 5.88 Å². The van der Waals surface area contributed by atoms with Crippen LogP contribution in [0.2, 0.25) is 0 Å². The highest BCUT2D eigenvalue weighted by molar-refractivity contribution is 5.24. The minimum Gasteiger partial charge on any atom is -0.480 e. The van der Waals surface area contributed by atoms with Crippen molar-refractivity contribution in [1.29, 1.82) is 0 Å². The summed E-state index contributed by atoms with van der Waals surface area (Å²) < 4.78 is 18.1. The molecule has 0 saturated heterocycles. The van der Waals surface area contributed by atoms with Gasteiger partial charge in [-0.1, -0.05) is 12.1 Å². The van der Waals surface area contributed by atoms with E-state index in [-0.39, 0.29) is 18.1 Å². The Kier molecular flexibility index (Phi) is 3.84. The minimum absolute atomic E-state index is 0.257. The van der Waals surface area contributed by atoms with Crippen LogP contribution >= 0.6 is 0 Å². The molecule has 1 aromatic carbocycles. The molecular weight excluding hydrogens is 235 g/mol. The first-order valence-electron chi connectivity index (χ1n) is 5.48. The molecule has 0 saturated carbocycles. The van der Waals surface area contributed by atoms with Gasteiger partial charge in [0.2, 0.25) is 5.88 Å². The number of methoxy groups -OCH3 is 1. The number of nitrogens with zero attached hydrogens (tertiary/aromatic N) is 2. The van der Waals surface area contributed by atoms with E-state index < -0.39 is 6.10 Å². The second kappa shape index (κ2) is 5.55. The molecule has 1 aromatic heterocycles. The maximum absolute atomic E-state index is 13.0. The van der Waals surface area contributed by atoms with Gasteiger partial charge in [-0.05, 0) is 17.7 Å². The van der Waals surface area contributed by atoms with Crippen molar-refractivity contribution in [3.8, 4) is 5.88 Å². The molecule has 0 aliphatic carbocycles. The van der Waals surface area contributed by atoms with Crippen LogP contribution in [0.15, 0.2) is 36.7 Å². The fourth-order valence-corrected chi connectivity index (χ4v) is 1.71. The first-order valence-corrected chi connectivity index (χ1v) is 5.48. The Hall–Kier alpha value is -2.01. The Balaban J connectivity index is 2.19. The van der Waals surface area contributed by atoms with Crippen LogP contribution in [-0.4, -0.2) is 22.2 Å². The van der Waals surface area contributed by atoms with Crippen LogP contribution in [0.1, 0.15) is 17.4 Å². The van der Waals surface area contributed by atoms with Crippen molar-refractivity contribution in [3.63, 3.8) is 0 Å². The average molecular weight is 248 g/mol. The summed E-state index contributed by atoms with van der Waals surface area (Å²) in [5.41, 5.74) is 1.04. The molecule has 0 spiro atoms.